The molecule has 0 aliphatic heterocycles. The van der Waals surface area contributed by atoms with E-state index < -0.39 is 0 Å². The van der Waals surface area contributed by atoms with Crippen LogP contribution in [0, 0.1) is 0 Å². The highest BCUT2D eigenvalue weighted by Gasteiger charge is 2.09. The normalized spacial score (nSPS) is 10.7. The molecule has 0 radical (unpaired) electrons. The van der Waals surface area contributed by atoms with Gasteiger partial charge in [0, 0.05) is 12.1 Å². The topological polar surface area (TPSA) is 59.9 Å². The minimum Gasteiger partial charge on any atom is -0.467 e. The number of benzene rings is 1. The van der Waals surface area contributed by atoms with Crippen molar-refractivity contribution in [3.63, 3.8) is 0 Å². The molecule has 0 saturated carbocycles. The van der Waals surface area contributed by atoms with Gasteiger partial charge in [-0.15, -0.1) is 0 Å². The lowest BCUT2D eigenvalue weighted by molar-refractivity contribution is 0.379. The molecule has 5 heteroatoms. The van der Waals surface area contributed by atoms with Gasteiger partial charge < -0.3 is 10.1 Å². The maximum Gasteiger partial charge on any atom is 0.321 e. The van der Waals surface area contributed by atoms with E-state index in [1.54, 1.807) is 7.11 Å². The molecule has 0 fully saturated rings. The number of ether oxygens (including phenoxy) is 1. The van der Waals surface area contributed by atoms with Gasteiger partial charge in [-0.1, -0.05) is 38.1 Å². The second kappa shape index (κ2) is 6.32. The van der Waals surface area contributed by atoms with Gasteiger partial charge in [-0.3, -0.25) is 0 Å². The van der Waals surface area contributed by atoms with Crippen LogP contribution in [-0.4, -0.2) is 28.6 Å². The first kappa shape index (κ1) is 14.2. The summed E-state index contributed by atoms with van der Waals surface area (Å²) in [5.41, 5.74) is 2.25. The summed E-state index contributed by atoms with van der Waals surface area (Å²) in [6.45, 7) is 7.08. The minimum atomic E-state index is 0.318. The van der Waals surface area contributed by atoms with Crippen LogP contribution in [0.25, 0.3) is 11.4 Å². The van der Waals surface area contributed by atoms with Gasteiger partial charge in [0.15, 0.2) is 5.82 Å². The summed E-state index contributed by atoms with van der Waals surface area (Å²) in [5, 5.41) is 3.08. The molecule has 0 unspecified atom stereocenters. The SMILES string of the molecule is CCNc1nc(OC)nc(-c2ccc(C(C)C)cc2)n1. The second-order valence-corrected chi connectivity index (χ2v) is 4.78. The average Bonchev–Trinajstić information content (AvgIpc) is 2.47. The van der Waals surface area contributed by atoms with E-state index in [4.69, 9.17) is 4.74 Å². The summed E-state index contributed by atoms with van der Waals surface area (Å²) in [4.78, 5) is 12.9. The highest BCUT2D eigenvalue weighted by atomic mass is 16.5. The lowest BCUT2D eigenvalue weighted by atomic mass is 10.0. The van der Waals surface area contributed by atoms with E-state index in [0.717, 1.165) is 12.1 Å². The quantitative estimate of drug-likeness (QED) is 0.906. The molecule has 0 amide bonds. The third-order valence-corrected chi connectivity index (χ3v) is 2.97. The summed E-state index contributed by atoms with van der Waals surface area (Å²) in [6.07, 6.45) is 0. The van der Waals surface area contributed by atoms with Crippen molar-refractivity contribution in [3.8, 4) is 17.4 Å². The van der Waals surface area contributed by atoms with Crippen molar-refractivity contribution in [1.29, 1.82) is 0 Å². The van der Waals surface area contributed by atoms with Crippen molar-refractivity contribution in [3.05, 3.63) is 29.8 Å². The Morgan fingerprint density at radius 3 is 2.35 bits per heavy atom. The standard InChI is InChI=1S/C15H20N4O/c1-5-16-14-17-13(18-15(19-14)20-4)12-8-6-11(7-9-12)10(2)3/h6-10H,5H2,1-4H3,(H,16,17,18,19). The molecular weight excluding hydrogens is 252 g/mol. The maximum atomic E-state index is 5.12. The zero-order valence-corrected chi connectivity index (χ0v) is 12.3. The highest BCUT2D eigenvalue weighted by Crippen LogP contribution is 2.22. The van der Waals surface area contributed by atoms with Crippen LogP contribution in [-0.2, 0) is 0 Å². The van der Waals surface area contributed by atoms with Gasteiger partial charge >= 0.3 is 6.01 Å². The van der Waals surface area contributed by atoms with Crippen LogP contribution in [0.4, 0.5) is 5.95 Å². The minimum absolute atomic E-state index is 0.318. The largest absolute Gasteiger partial charge is 0.467 e. The van der Waals surface area contributed by atoms with Crippen LogP contribution in [0.1, 0.15) is 32.3 Å². The fourth-order valence-corrected chi connectivity index (χ4v) is 1.83. The van der Waals surface area contributed by atoms with Gasteiger partial charge in [-0.25, -0.2) is 0 Å². The van der Waals surface area contributed by atoms with Gasteiger partial charge in [-0.05, 0) is 18.4 Å². The number of nitrogens with zero attached hydrogens (tertiary/aromatic N) is 3. The molecule has 1 aromatic heterocycles. The molecule has 1 aromatic carbocycles. The van der Waals surface area contributed by atoms with Crippen molar-refractivity contribution in [2.75, 3.05) is 19.0 Å². The van der Waals surface area contributed by atoms with Crippen LogP contribution in [0.3, 0.4) is 0 Å². The smallest absolute Gasteiger partial charge is 0.321 e. The molecule has 2 rings (SSSR count). The van der Waals surface area contributed by atoms with Crippen LogP contribution < -0.4 is 10.1 Å². The van der Waals surface area contributed by atoms with Crippen molar-refractivity contribution in [2.24, 2.45) is 0 Å². The number of nitrogens with one attached hydrogen (secondary N) is 1. The van der Waals surface area contributed by atoms with E-state index in [1.165, 1.54) is 5.56 Å². The molecule has 0 spiro atoms. The van der Waals surface area contributed by atoms with Crippen LogP contribution >= 0.6 is 0 Å². The number of methoxy groups -OCH3 is 1. The molecule has 0 aliphatic rings. The van der Waals surface area contributed by atoms with Crippen molar-refractivity contribution in [1.82, 2.24) is 15.0 Å². The maximum absolute atomic E-state index is 5.12. The first-order chi connectivity index (χ1) is 9.63. The highest BCUT2D eigenvalue weighted by molar-refractivity contribution is 5.57. The Bertz CT molecular complexity index is 567. The van der Waals surface area contributed by atoms with Crippen LogP contribution in [0.2, 0.25) is 0 Å². The predicted octanol–water partition coefficient (Wildman–Crippen LogP) is 3.10. The molecule has 0 bridgehead atoms. The first-order valence-electron chi connectivity index (χ1n) is 6.78. The van der Waals surface area contributed by atoms with Crippen LogP contribution in [0.15, 0.2) is 24.3 Å². The lowest BCUT2D eigenvalue weighted by Gasteiger charge is -2.08. The molecule has 2 aromatic rings. The Balaban J connectivity index is 2.37. The van der Waals surface area contributed by atoms with Gasteiger partial charge in [0.25, 0.3) is 0 Å². The number of rotatable bonds is 5. The molecule has 1 N–H and O–H groups in total. The summed E-state index contributed by atoms with van der Waals surface area (Å²) in [5.74, 6) is 1.65. The number of aromatic nitrogens is 3. The zero-order chi connectivity index (χ0) is 14.5. The Labute approximate surface area is 119 Å². The van der Waals surface area contributed by atoms with Crippen LogP contribution in [0.5, 0.6) is 6.01 Å². The summed E-state index contributed by atoms with van der Waals surface area (Å²) >= 11 is 0. The Morgan fingerprint density at radius 2 is 1.80 bits per heavy atom. The number of anilines is 1. The molecule has 0 saturated heterocycles. The van der Waals surface area contributed by atoms with E-state index in [2.05, 4.69) is 46.2 Å². The average molecular weight is 272 g/mol. The number of hydrogen-bond acceptors (Lipinski definition) is 5. The first-order valence-corrected chi connectivity index (χ1v) is 6.78. The Morgan fingerprint density at radius 1 is 1.10 bits per heavy atom. The zero-order valence-electron chi connectivity index (χ0n) is 12.3. The second-order valence-electron chi connectivity index (χ2n) is 4.78. The lowest BCUT2D eigenvalue weighted by Crippen LogP contribution is -2.06. The molecule has 5 nitrogen and oxygen atoms in total. The van der Waals surface area contributed by atoms with Crippen molar-refractivity contribution < 1.29 is 4.74 Å². The van der Waals surface area contributed by atoms with E-state index in [1.807, 2.05) is 19.1 Å². The Kier molecular flexibility index (Phi) is 4.50. The Hall–Kier alpha value is -2.17. The number of hydrogen-bond donors (Lipinski definition) is 1. The summed E-state index contributed by atoms with van der Waals surface area (Å²) in [6, 6.07) is 8.57. The van der Waals surface area contributed by atoms with Gasteiger partial charge in [0.2, 0.25) is 5.95 Å². The summed E-state index contributed by atoms with van der Waals surface area (Å²) < 4.78 is 5.12. The third-order valence-electron chi connectivity index (χ3n) is 2.97. The molecule has 20 heavy (non-hydrogen) atoms. The fraction of sp³-hybridized carbons (Fsp3) is 0.400. The monoisotopic (exact) mass is 272 g/mol. The van der Waals surface area contributed by atoms with Gasteiger partial charge in [0.1, 0.15) is 0 Å². The van der Waals surface area contributed by atoms with Crippen molar-refractivity contribution >= 4 is 5.95 Å². The molecular formula is C15H20N4O. The van der Waals surface area contributed by atoms with E-state index in [0.29, 0.717) is 23.7 Å². The predicted molar refractivity (Wildman–Crippen MR) is 80.1 cm³/mol. The third kappa shape index (κ3) is 3.23. The molecule has 0 aliphatic carbocycles. The fourth-order valence-electron chi connectivity index (χ4n) is 1.83. The van der Waals surface area contributed by atoms with Gasteiger partial charge in [0.05, 0.1) is 7.11 Å². The van der Waals surface area contributed by atoms with E-state index >= 15 is 0 Å². The van der Waals surface area contributed by atoms with E-state index in [-0.39, 0.29) is 0 Å². The van der Waals surface area contributed by atoms with Gasteiger partial charge in [-0.2, -0.15) is 15.0 Å². The summed E-state index contributed by atoms with van der Waals surface area (Å²) in [7, 11) is 1.55. The molecule has 0 atom stereocenters. The molecule has 106 valence electrons. The van der Waals surface area contributed by atoms with Crippen molar-refractivity contribution in [2.45, 2.75) is 26.7 Å². The van der Waals surface area contributed by atoms with E-state index in [9.17, 15) is 0 Å². The molecule has 1 heterocycles.